The molecule has 0 amide bonds. The van der Waals surface area contributed by atoms with E-state index in [0.717, 1.165) is 128 Å². The SMILES string of the molecule is Fc1c(-c2ccc(-n3c4ccccc4c4ccccc43)cc2)c(-c2ccc(-n3c4ccccc4c4ccccc43)cc2)c(-c2ccc(-n3c4ccccc4c4ccccc43)cc2)c(-c2ccc(-n3c4ccccc4c4ccccc43)cc2)c1-c1ccc(-n2c3ccccc3c3ccccc32)cc1. The lowest BCUT2D eigenvalue weighted by molar-refractivity contribution is 0.635. The molecule has 5 heterocycles. The van der Waals surface area contributed by atoms with Crippen LogP contribution in [0.2, 0.25) is 0 Å². The van der Waals surface area contributed by atoms with E-state index in [2.05, 4.69) is 387 Å². The second kappa shape index (κ2) is 22.8. The van der Waals surface area contributed by atoms with Crippen molar-refractivity contribution >= 4 is 109 Å². The molecule has 0 N–H and O–H groups in total. The zero-order valence-electron chi connectivity index (χ0n) is 55.3. The van der Waals surface area contributed by atoms with Crippen molar-refractivity contribution in [3.05, 3.63) is 370 Å². The molecule has 6 heteroatoms. The average molecular weight is 1300 g/mol. The van der Waals surface area contributed by atoms with Crippen molar-refractivity contribution in [2.45, 2.75) is 0 Å². The first-order valence-corrected chi connectivity index (χ1v) is 34.9. The first kappa shape index (κ1) is 57.5. The largest absolute Gasteiger partial charge is 0.309 e. The molecule has 0 bridgehead atoms. The molecule has 0 fully saturated rings. The summed E-state index contributed by atoms with van der Waals surface area (Å²) in [4.78, 5) is 0. The molecule has 21 aromatic rings. The van der Waals surface area contributed by atoms with Gasteiger partial charge in [0.1, 0.15) is 5.82 Å². The van der Waals surface area contributed by atoms with Gasteiger partial charge in [-0.2, -0.15) is 0 Å². The van der Waals surface area contributed by atoms with Gasteiger partial charge < -0.3 is 22.8 Å². The van der Waals surface area contributed by atoms with Gasteiger partial charge in [0.05, 0.1) is 55.2 Å². The maximum Gasteiger partial charge on any atom is 0.140 e. The fraction of sp³-hybridized carbons (Fsp3) is 0. The van der Waals surface area contributed by atoms with Crippen molar-refractivity contribution < 1.29 is 4.39 Å². The summed E-state index contributed by atoms with van der Waals surface area (Å²) in [5.41, 5.74) is 23.8. The number of rotatable bonds is 10. The van der Waals surface area contributed by atoms with Crippen LogP contribution < -0.4 is 0 Å². The fourth-order valence-electron chi connectivity index (χ4n) is 17.0. The van der Waals surface area contributed by atoms with Crippen LogP contribution in [0.4, 0.5) is 4.39 Å². The Labute approximate surface area is 586 Å². The Morgan fingerprint density at radius 3 is 0.422 bits per heavy atom. The van der Waals surface area contributed by atoms with Gasteiger partial charge in [-0.25, -0.2) is 4.39 Å². The highest BCUT2D eigenvalue weighted by Gasteiger charge is 2.31. The van der Waals surface area contributed by atoms with Crippen LogP contribution in [-0.4, -0.2) is 22.8 Å². The Morgan fingerprint density at radius 1 is 0.137 bits per heavy atom. The van der Waals surface area contributed by atoms with E-state index in [-0.39, 0.29) is 5.82 Å². The Hall–Kier alpha value is -13.6. The van der Waals surface area contributed by atoms with Gasteiger partial charge in [0, 0.05) is 105 Å². The maximum absolute atomic E-state index is 20.6. The third kappa shape index (κ3) is 8.63. The van der Waals surface area contributed by atoms with Crippen LogP contribution in [-0.2, 0) is 0 Å². The molecular weight excluding hydrogens is 1240 g/mol. The standard InChI is InChI=1S/C96H60FN5/c97-96-94(64-47-57-69(58-48-64)101-87-37-17-7-27-77(87)78-28-8-18-38-88(78)101)92(62-43-53-67(54-44-62)99-83-33-13-3-23-73(83)74-24-4-14-34-84(74)99)91(61-41-51-66(52-42-61)98-81-31-11-1-21-71(81)72-22-2-12-32-82(72)98)93(63-45-55-68(56-46-63)100-85-35-15-5-25-75(85)76-26-6-16-36-86(76)100)95(96)65-49-59-70(60-50-65)102-89-39-19-9-29-79(89)80-30-10-20-40-90(80)102/h1-60H. The van der Waals surface area contributed by atoms with Gasteiger partial charge in [0.15, 0.2) is 0 Å². The van der Waals surface area contributed by atoms with Crippen LogP contribution >= 0.6 is 0 Å². The molecule has 21 rings (SSSR count). The minimum absolute atomic E-state index is 0.321. The van der Waals surface area contributed by atoms with Crippen molar-refractivity contribution in [2.75, 3.05) is 0 Å². The highest BCUT2D eigenvalue weighted by atomic mass is 19.1. The fourth-order valence-corrected chi connectivity index (χ4v) is 17.0. The smallest absolute Gasteiger partial charge is 0.140 e. The van der Waals surface area contributed by atoms with Crippen molar-refractivity contribution in [1.82, 2.24) is 22.8 Å². The number of hydrogen-bond donors (Lipinski definition) is 0. The molecule has 5 aromatic heterocycles. The van der Waals surface area contributed by atoms with Crippen LogP contribution in [0.1, 0.15) is 0 Å². The highest BCUT2D eigenvalue weighted by molar-refractivity contribution is 6.15. The zero-order chi connectivity index (χ0) is 67.1. The summed E-state index contributed by atoms with van der Waals surface area (Å²) in [7, 11) is 0. The van der Waals surface area contributed by atoms with Crippen molar-refractivity contribution in [3.8, 4) is 84.1 Å². The number of nitrogens with zero attached hydrogens (tertiary/aromatic N) is 5. The van der Waals surface area contributed by atoms with Gasteiger partial charge in [0.2, 0.25) is 0 Å². The van der Waals surface area contributed by atoms with Crippen LogP contribution in [0.3, 0.4) is 0 Å². The number of benzene rings is 16. The summed E-state index contributed by atoms with van der Waals surface area (Å²) < 4.78 is 32.4. The highest BCUT2D eigenvalue weighted by Crippen LogP contribution is 2.54. The molecule has 0 saturated carbocycles. The minimum atomic E-state index is -0.321. The Balaban J connectivity index is 0.864. The molecule has 16 aromatic carbocycles. The van der Waals surface area contributed by atoms with Crippen LogP contribution in [0, 0.1) is 5.82 Å². The molecule has 476 valence electrons. The molecule has 0 unspecified atom stereocenters. The van der Waals surface area contributed by atoms with E-state index >= 15 is 4.39 Å². The molecule has 0 aliphatic heterocycles. The molecule has 0 aliphatic carbocycles. The molecule has 5 nitrogen and oxygen atoms in total. The summed E-state index contributed by atoms with van der Waals surface area (Å²) in [6, 6.07) is 130. The molecular formula is C96H60FN5. The minimum Gasteiger partial charge on any atom is -0.309 e. The summed E-state index contributed by atoms with van der Waals surface area (Å²) in [6.07, 6.45) is 0. The predicted octanol–water partition coefficient (Wildman–Crippen LogP) is 25.6. The summed E-state index contributed by atoms with van der Waals surface area (Å²) >= 11 is 0. The van der Waals surface area contributed by atoms with Gasteiger partial charge in [-0.15, -0.1) is 0 Å². The predicted molar refractivity (Wildman–Crippen MR) is 425 cm³/mol. The third-order valence-corrected chi connectivity index (χ3v) is 21.4. The lowest BCUT2D eigenvalue weighted by Gasteiger charge is -2.26. The summed E-state index contributed by atoms with van der Waals surface area (Å²) in [5.74, 6) is -0.321. The second-order valence-corrected chi connectivity index (χ2v) is 26.8. The van der Waals surface area contributed by atoms with Crippen molar-refractivity contribution in [3.63, 3.8) is 0 Å². The van der Waals surface area contributed by atoms with Gasteiger partial charge in [-0.1, -0.05) is 243 Å². The maximum atomic E-state index is 20.6. The molecule has 0 atom stereocenters. The number of hydrogen-bond acceptors (Lipinski definition) is 0. The van der Waals surface area contributed by atoms with E-state index < -0.39 is 0 Å². The first-order valence-electron chi connectivity index (χ1n) is 34.9. The Kier molecular flexibility index (Phi) is 12.8. The summed E-state index contributed by atoms with van der Waals surface area (Å²) in [5, 5.41) is 11.8. The van der Waals surface area contributed by atoms with Crippen molar-refractivity contribution in [2.24, 2.45) is 0 Å². The Morgan fingerprint density at radius 2 is 0.265 bits per heavy atom. The second-order valence-electron chi connectivity index (χ2n) is 26.8. The molecule has 0 radical (unpaired) electrons. The molecule has 0 spiro atoms. The topological polar surface area (TPSA) is 24.6 Å². The number of aromatic nitrogens is 5. The van der Waals surface area contributed by atoms with Gasteiger partial charge in [-0.05, 0) is 155 Å². The normalized spacial score (nSPS) is 12.0. The van der Waals surface area contributed by atoms with E-state index in [0.29, 0.717) is 11.1 Å². The summed E-state index contributed by atoms with van der Waals surface area (Å²) in [6.45, 7) is 0. The molecule has 0 saturated heterocycles. The monoisotopic (exact) mass is 1300 g/mol. The van der Waals surface area contributed by atoms with Crippen molar-refractivity contribution in [1.29, 1.82) is 0 Å². The van der Waals surface area contributed by atoms with Gasteiger partial charge in [0.25, 0.3) is 0 Å². The first-order chi connectivity index (χ1) is 50.6. The lowest BCUT2D eigenvalue weighted by Crippen LogP contribution is -2.04. The number of halogens is 1. The third-order valence-electron chi connectivity index (χ3n) is 21.4. The average Bonchev–Trinajstić information content (AvgIpc) is 1.07. The van der Waals surface area contributed by atoms with Gasteiger partial charge >= 0.3 is 0 Å². The molecule has 102 heavy (non-hydrogen) atoms. The number of para-hydroxylation sites is 10. The lowest BCUT2D eigenvalue weighted by atomic mass is 9.78. The quantitative estimate of drug-likeness (QED) is 0.130. The zero-order valence-corrected chi connectivity index (χ0v) is 55.3. The van der Waals surface area contributed by atoms with Crippen LogP contribution in [0.5, 0.6) is 0 Å². The van der Waals surface area contributed by atoms with E-state index in [1.54, 1.807) is 0 Å². The van der Waals surface area contributed by atoms with E-state index in [4.69, 9.17) is 0 Å². The Bertz CT molecular complexity index is 6350. The molecule has 0 aliphatic rings. The van der Waals surface area contributed by atoms with Crippen LogP contribution in [0.15, 0.2) is 364 Å². The number of fused-ring (bicyclic) bond motifs is 15. The van der Waals surface area contributed by atoms with E-state index in [1.165, 1.54) is 53.9 Å². The van der Waals surface area contributed by atoms with Gasteiger partial charge in [-0.3, -0.25) is 0 Å². The van der Waals surface area contributed by atoms with E-state index in [1.807, 2.05) is 0 Å². The van der Waals surface area contributed by atoms with E-state index in [9.17, 15) is 0 Å². The van der Waals surface area contributed by atoms with Crippen LogP contribution in [0.25, 0.3) is 193 Å².